The normalized spacial score (nSPS) is 25.2. The van der Waals surface area contributed by atoms with E-state index in [-0.39, 0.29) is 37.3 Å². The van der Waals surface area contributed by atoms with Crippen LogP contribution in [-0.2, 0) is 36.8 Å². The van der Waals surface area contributed by atoms with Gasteiger partial charge in [-0.3, -0.25) is 39.9 Å². The minimum Gasteiger partial charge on any atom is -0.377 e. The van der Waals surface area contributed by atoms with Crippen molar-refractivity contribution in [3.63, 3.8) is 0 Å². The molecule has 0 saturated carbocycles. The third-order valence-electron chi connectivity index (χ3n) is 8.93. The number of primary amides is 1. The van der Waals surface area contributed by atoms with E-state index in [1.54, 1.807) is 6.20 Å². The van der Waals surface area contributed by atoms with Crippen molar-refractivity contribution in [3.8, 4) is 0 Å². The number of para-hydroxylation sites is 1. The van der Waals surface area contributed by atoms with Gasteiger partial charge < -0.3 is 53.7 Å². The largest absolute Gasteiger partial charge is 0.377 e. The average Bonchev–Trinajstić information content (AvgIpc) is 3.57. The van der Waals surface area contributed by atoms with Crippen molar-refractivity contribution >= 4 is 62.0 Å². The predicted octanol–water partition coefficient (Wildman–Crippen LogP) is -2.45. The second kappa shape index (κ2) is 22.5. The van der Waals surface area contributed by atoms with Gasteiger partial charge in [0.25, 0.3) is 0 Å². The van der Waals surface area contributed by atoms with Crippen molar-refractivity contribution in [1.82, 2.24) is 42.2 Å². The van der Waals surface area contributed by atoms with Crippen LogP contribution < -0.4 is 54.4 Å². The van der Waals surface area contributed by atoms with Crippen LogP contribution in [-0.4, -0.2) is 118 Å². The zero-order chi connectivity index (χ0) is 40.6. The van der Waals surface area contributed by atoms with Crippen LogP contribution in [0.5, 0.6) is 0 Å². The Kier molecular flexibility index (Phi) is 17.8. The first-order valence-electron chi connectivity index (χ1n) is 18.2. The molecule has 0 spiro atoms. The fourth-order valence-corrected chi connectivity index (χ4v) is 8.41. The molecule has 4 rings (SSSR count). The van der Waals surface area contributed by atoms with Gasteiger partial charge in [0.05, 0.1) is 18.6 Å². The van der Waals surface area contributed by atoms with E-state index in [4.69, 9.17) is 17.2 Å². The van der Waals surface area contributed by atoms with Crippen molar-refractivity contribution in [2.75, 3.05) is 24.6 Å². The van der Waals surface area contributed by atoms with Crippen molar-refractivity contribution < 1.29 is 34.2 Å². The number of aliphatic hydroxyl groups excluding tert-OH is 2. The number of rotatable bonds is 11. The number of aliphatic hydroxyl groups is 2. The van der Waals surface area contributed by atoms with Gasteiger partial charge >= 0.3 is 0 Å². The van der Waals surface area contributed by atoms with Crippen LogP contribution in [0.2, 0.25) is 0 Å². The van der Waals surface area contributed by atoms with Gasteiger partial charge in [-0.05, 0) is 43.0 Å². The summed E-state index contributed by atoms with van der Waals surface area (Å²) in [5.41, 5.74) is 19.4. The molecule has 1 fully saturated rings. The Morgan fingerprint density at radius 1 is 0.893 bits per heavy atom. The molecule has 1 aliphatic rings. The number of hydrogen-bond donors (Lipinski definition) is 13. The minimum absolute atomic E-state index is 0.00594. The predicted molar refractivity (Wildman–Crippen MR) is 216 cm³/mol. The number of aromatic nitrogens is 1. The number of fused-ring (bicyclic) bond motifs is 1. The summed E-state index contributed by atoms with van der Waals surface area (Å²) in [5.74, 6) is -3.07. The monoisotopic (exact) mass is 815 g/mol. The highest BCUT2D eigenvalue weighted by molar-refractivity contribution is 8.76. The highest BCUT2D eigenvalue weighted by Crippen LogP contribution is 2.24. The maximum absolute atomic E-state index is 14.2. The number of nitrogens with two attached hydrogens (primary N) is 3. The van der Waals surface area contributed by atoms with Crippen LogP contribution in [0.25, 0.3) is 10.9 Å². The lowest BCUT2D eigenvalue weighted by Crippen LogP contribution is -2.61. The highest BCUT2D eigenvalue weighted by Gasteiger charge is 2.32. The van der Waals surface area contributed by atoms with E-state index in [0.29, 0.717) is 13.0 Å². The van der Waals surface area contributed by atoms with E-state index < -0.39 is 78.5 Å². The highest BCUT2D eigenvalue weighted by atomic mass is 33.1. The van der Waals surface area contributed by atoms with E-state index in [9.17, 15) is 34.2 Å². The first-order chi connectivity index (χ1) is 26.8. The molecule has 5 amide bonds. The smallest absolute Gasteiger partial charge is 0.243 e. The van der Waals surface area contributed by atoms with Gasteiger partial charge in [-0.15, -0.1) is 0 Å². The number of carbonyl (C=O) groups excluding carboxylic acids is 5. The molecule has 0 bridgehead atoms. The lowest BCUT2D eigenvalue weighted by atomic mass is 10.0. The topological polar surface area (TPSA) is 304 Å². The summed E-state index contributed by atoms with van der Waals surface area (Å²) in [6.07, 6.45) is -1.11. The minimum atomic E-state index is -1.45. The van der Waals surface area contributed by atoms with Crippen molar-refractivity contribution in [3.05, 3.63) is 71.9 Å². The lowest BCUT2D eigenvalue weighted by Gasteiger charge is -2.31. The molecule has 306 valence electrons. The summed E-state index contributed by atoms with van der Waals surface area (Å²) in [5, 5.41) is 43.1. The summed E-state index contributed by atoms with van der Waals surface area (Å²) in [7, 11) is 2.32. The van der Waals surface area contributed by atoms with Gasteiger partial charge in [0, 0.05) is 42.0 Å². The molecule has 1 aromatic heterocycles. The summed E-state index contributed by atoms with van der Waals surface area (Å²) in [6.45, 7) is 1.31. The van der Waals surface area contributed by atoms with Crippen LogP contribution in [0.1, 0.15) is 30.9 Å². The first-order valence-corrected chi connectivity index (χ1v) is 20.7. The quantitative estimate of drug-likeness (QED) is 0.0544. The molecule has 2 heterocycles. The summed E-state index contributed by atoms with van der Waals surface area (Å²) >= 11 is 0. The number of nitrogens with one attached hydrogen (secondary N) is 8. The second-order valence-electron chi connectivity index (χ2n) is 13.4. The second-order valence-corrected chi connectivity index (χ2v) is 16.0. The summed E-state index contributed by atoms with van der Waals surface area (Å²) < 4.78 is 0. The Morgan fingerprint density at radius 3 is 2.30 bits per heavy atom. The molecule has 16 N–H and O–H groups in total. The molecule has 7 atom stereocenters. The molecule has 0 aliphatic carbocycles. The third kappa shape index (κ3) is 14.4. The number of amides is 5. The molecule has 18 nitrogen and oxygen atoms in total. The maximum Gasteiger partial charge on any atom is 0.243 e. The molecule has 2 unspecified atom stereocenters. The fourth-order valence-electron chi connectivity index (χ4n) is 6.07. The van der Waals surface area contributed by atoms with Gasteiger partial charge in [-0.1, -0.05) is 70.1 Å². The fraction of sp³-hybridized carbons (Fsp3) is 0.472. The Balaban J connectivity index is 1.69. The van der Waals surface area contributed by atoms with Crippen LogP contribution in [0.15, 0.2) is 60.8 Å². The van der Waals surface area contributed by atoms with E-state index in [1.165, 1.54) is 17.7 Å². The van der Waals surface area contributed by atoms with E-state index in [0.717, 1.165) is 32.8 Å². The van der Waals surface area contributed by atoms with Crippen molar-refractivity contribution in [2.24, 2.45) is 17.2 Å². The Morgan fingerprint density at radius 2 is 1.59 bits per heavy atom. The van der Waals surface area contributed by atoms with Gasteiger partial charge in [0.1, 0.15) is 36.9 Å². The summed E-state index contributed by atoms with van der Waals surface area (Å²) in [6, 6.07) is 11.3. The number of H-pyrrole nitrogens is 1. The zero-order valence-corrected chi connectivity index (χ0v) is 32.7. The van der Waals surface area contributed by atoms with E-state index in [1.807, 2.05) is 54.6 Å². The lowest BCUT2D eigenvalue weighted by molar-refractivity contribution is -0.132. The van der Waals surface area contributed by atoms with Gasteiger partial charge in [-0.2, -0.15) is 0 Å². The van der Waals surface area contributed by atoms with E-state index in [2.05, 4.69) is 42.2 Å². The summed E-state index contributed by atoms with van der Waals surface area (Å²) in [4.78, 5) is 69.1. The maximum atomic E-state index is 14.2. The molecule has 20 heteroatoms. The Bertz CT molecular complexity index is 1750. The number of β-amino-alcohol motifs (C(OH)–C–C–N with tert-alkyl or cyclic N) is 1. The zero-order valence-electron chi connectivity index (χ0n) is 31.0. The van der Waals surface area contributed by atoms with Gasteiger partial charge in [0.2, 0.25) is 29.5 Å². The molecule has 0 radical (unpaired) electrons. The standard InChI is InChI=1S/C36H53N11O7S2/c1-20(48)43-29-19-56-55-18-28(31(37)50)47-35(54)27(15-22-16-41-24-11-6-5-10-23(22)24)46-33(52)25(12-7-13-40-36(38)39)45-34(53)26(14-21-8-3-2-4-9-21)44-30(49)17-42-32(29)51/h2-6,8-11,16,25-30,34,36,40-41,44-45,49,53H,7,12-15,17-19,38-39H2,1H3,(H2,37,50)(H,42,51)(H,43,48)(H,46,52)(H,47,54)/t25-,26+,27-,28-,29-,30?,34?/m0/s1. The number of carbonyl (C=O) groups is 5. The molecule has 2 aromatic carbocycles. The van der Waals surface area contributed by atoms with Crippen LogP contribution >= 0.6 is 21.6 Å². The Labute approximate surface area is 332 Å². The molecular formula is C36H53N11O7S2. The average molecular weight is 816 g/mol. The van der Waals surface area contributed by atoms with Crippen molar-refractivity contribution in [1.29, 1.82) is 0 Å². The third-order valence-corrected chi connectivity index (χ3v) is 11.4. The molecule has 3 aromatic rings. The number of hydrogen-bond acceptors (Lipinski definition) is 14. The number of aromatic amines is 1. The molecule has 1 saturated heterocycles. The van der Waals surface area contributed by atoms with Gasteiger partial charge in [-0.25, -0.2) is 0 Å². The van der Waals surface area contributed by atoms with Crippen molar-refractivity contribution in [2.45, 2.75) is 81.6 Å². The molecular weight excluding hydrogens is 763 g/mol. The molecule has 1 aliphatic heterocycles. The number of benzene rings is 2. The van der Waals surface area contributed by atoms with Crippen LogP contribution in [0.3, 0.4) is 0 Å². The van der Waals surface area contributed by atoms with Gasteiger partial charge in [0.15, 0.2) is 0 Å². The SMILES string of the molecule is CC(=O)N[C@H]1CSSC[C@@H](C(N)=O)NC(=O)[C@H](Cc2c[nH]c3ccccc23)NC(=O)[C@H](CCCNC(N)N)NC(O)[C@@H](Cc2ccccc2)NC(O)CNC1=O. The first kappa shape index (κ1) is 44.5. The van der Waals surface area contributed by atoms with E-state index >= 15 is 0 Å². The Hall–Kier alpha value is -4.25. The van der Waals surface area contributed by atoms with Crippen LogP contribution in [0, 0.1) is 0 Å². The molecule has 56 heavy (non-hydrogen) atoms. The van der Waals surface area contributed by atoms with Crippen LogP contribution in [0.4, 0.5) is 0 Å².